The summed E-state index contributed by atoms with van der Waals surface area (Å²) in [6, 6.07) is 8.61. The van der Waals surface area contributed by atoms with Crippen LogP contribution in [0.1, 0.15) is 44.0 Å². The van der Waals surface area contributed by atoms with Gasteiger partial charge in [-0.2, -0.15) is 0 Å². The number of ether oxygens (including phenoxy) is 1. The number of aromatic nitrogens is 3. The smallest absolute Gasteiger partial charge is 0.171 e. The quantitative estimate of drug-likeness (QED) is 0.656. The van der Waals surface area contributed by atoms with Crippen LogP contribution in [-0.4, -0.2) is 40.0 Å². The van der Waals surface area contributed by atoms with Crippen molar-refractivity contribution in [1.82, 2.24) is 15.0 Å². The third kappa shape index (κ3) is 3.78. The highest BCUT2D eigenvalue weighted by Crippen LogP contribution is 2.28. The third-order valence-electron chi connectivity index (χ3n) is 5.06. The lowest BCUT2D eigenvalue weighted by atomic mass is 9.87. The van der Waals surface area contributed by atoms with E-state index in [4.69, 9.17) is 9.72 Å². The van der Waals surface area contributed by atoms with E-state index in [1.807, 2.05) is 32.9 Å². The molecule has 0 spiro atoms. The molecule has 0 atom stereocenters. The molecule has 0 radical (unpaired) electrons. The maximum Gasteiger partial charge on any atom is 0.171 e. The number of carbonyl (C=O) groups excluding carboxylic acids is 1. The standard InChI is InChI=1S/C22H26N4O2/c1-22(2,3)20(27)17-12-23-21-19(17)26-18(13-24-21)14-5-4-6-16(11-14)25-15-7-9-28-10-8-15/h4-6,11-13,15,25H,7-10H2,1-3H3,(H,23,24). The molecule has 0 saturated carbocycles. The molecule has 0 bridgehead atoms. The molecule has 3 heterocycles. The first-order chi connectivity index (χ1) is 13.4. The maximum atomic E-state index is 12.8. The first kappa shape index (κ1) is 18.6. The Morgan fingerprint density at radius 2 is 2.04 bits per heavy atom. The van der Waals surface area contributed by atoms with Crippen molar-refractivity contribution in [2.24, 2.45) is 5.41 Å². The molecule has 1 aliphatic heterocycles. The van der Waals surface area contributed by atoms with Gasteiger partial charge in [0, 0.05) is 42.1 Å². The van der Waals surface area contributed by atoms with Crippen molar-refractivity contribution in [3.63, 3.8) is 0 Å². The molecule has 146 valence electrons. The number of ketones is 1. The SMILES string of the molecule is CC(C)(C)C(=O)c1c[nH]c2ncc(-c3cccc(NC4CCOCC4)c3)nc12. The first-order valence-electron chi connectivity index (χ1n) is 9.75. The Kier molecular flexibility index (Phi) is 4.89. The number of anilines is 1. The fourth-order valence-corrected chi connectivity index (χ4v) is 3.45. The predicted octanol–water partition coefficient (Wildman–Crippen LogP) is 4.44. The molecular weight excluding hydrogens is 352 g/mol. The number of nitrogens with one attached hydrogen (secondary N) is 2. The number of rotatable bonds is 4. The first-order valence-corrected chi connectivity index (χ1v) is 9.75. The molecule has 0 aliphatic carbocycles. The van der Waals surface area contributed by atoms with E-state index in [1.54, 1.807) is 12.4 Å². The molecule has 6 nitrogen and oxygen atoms in total. The molecule has 4 rings (SSSR count). The summed E-state index contributed by atoms with van der Waals surface area (Å²) in [5.41, 5.74) is 4.17. The summed E-state index contributed by atoms with van der Waals surface area (Å²) in [5.74, 6) is 0.0557. The number of carbonyl (C=O) groups is 1. The summed E-state index contributed by atoms with van der Waals surface area (Å²) in [6.07, 6.45) is 5.48. The Labute approximate surface area is 164 Å². The monoisotopic (exact) mass is 378 g/mol. The average molecular weight is 378 g/mol. The Hall–Kier alpha value is -2.73. The van der Waals surface area contributed by atoms with E-state index in [0.717, 1.165) is 43.0 Å². The van der Waals surface area contributed by atoms with Gasteiger partial charge >= 0.3 is 0 Å². The van der Waals surface area contributed by atoms with E-state index in [9.17, 15) is 4.79 Å². The van der Waals surface area contributed by atoms with Crippen molar-refractivity contribution >= 4 is 22.6 Å². The predicted molar refractivity (Wildman–Crippen MR) is 111 cm³/mol. The van der Waals surface area contributed by atoms with Crippen LogP contribution >= 0.6 is 0 Å². The molecule has 2 N–H and O–H groups in total. The van der Waals surface area contributed by atoms with Crippen molar-refractivity contribution in [2.45, 2.75) is 39.7 Å². The number of hydrogen-bond donors (Lipinski definition) is 2. The zero-order valence-electron chi connectivity index (χ0n) is 16.6. The summed E-state index contributed by atoms with van der Waals surface area (Å²) < 4.78 is 5.43. The van der Waals surface area contributed by atoms with E-state index in [1.165, 1.54) is 0 Å². The van der Waals surface area contributed by atoms with Gasteiger partial charge in [-0.05, 0) is 25.0 Å². The second-order valence-corrected chi connectivity index (χ2v) is 8.35. The van der Waals surface area contributed by atoms with Gasteiger partial charge in [0.2, 0.25) is 0 Å². The maximum absolute atomic E-state index is 12.8. The molecule has 3 aromatic rings. The van der Waals surface area contributed by atoms with Crippen LogP contribution in [0.3, 0.4) is 0 Å². The minimum Gasteiger partial charge on any atom is -0.382 e. The van der Waals surface area contributed by atoms with E-state index in [-0.39, 0.29) is 5.78 Å². The lowest BCUT2D eigenvalue weighted by Crippen LogP contribution is -2.27. The van der Waals surface area contributed by atoms with Gasteiger partial charge in [-0.3, -0.25) is 4.79 Å². The lowest BCUT2D eigenvalue weighted by Gasteiger charge is -2.24. The van der Waals surface area contributed by atoms with Crippen LogP contribution in [-0.2, 0) is 4.74 Å². The molecule has 1 fully saturated rings. The van der Waals surface area contributed by atoms with Crippen LogP contribution < -0.4 is 5.32 Å². The van der Waals surface area contributed by atoms with E-state index in [0.29, 0.717) is 22.8 Å². The second kappa shape index (κ2) is 7.36. The van der Waals surface area contributed by atoms with Gasteiger partial charge in [-0.15, -0.1) is 0 Å². The molecule has 0 amide bonds. The fourth-order valence-electron chi connectivity index (χ4n) is 3.45. The topological polar surface area (TPSA) is 79.9 Å². The van der Waals surface area contributed by atoms with Crippen LogP contribution in [0.25, 0.3) is 22.4 Å². The lowest BCUT2D eigenvalue weighted by molar-refractivity contribution is 0.0860. The van der Waals surface area contributed by atoms with Crippen LogP contribution in [0.2, 0.25) is 0 Å². The van der Waals surface area contributed by atoms with Crippen molar-refractivity contribution < 1.29 is 9.53 Å². The fraction of sp³-hybridized carbons (Fsp3) is 0.409. The Bertz CT molecular complexity index is 997. The molecule has 1 aromatic carbocycles. The zero-order valence-corrected chi connectivity index (χ0v) is 16.6. The Balaban J connectivity index is 1.65. The minimum atomic E-state index is -0.472. The van der Waals surface area contributed by atoms with Gasteiger partial charge in [0.1, 0.15) is 5.52 Å². The van der Waals surface area contributed by atoms with Gasteiger partial charge in [0.15, 0.2) is 11.4 Å². The molecular formula is C22H26N4O2. The summed E-state index contributed by atoms with van der Waals surface area (Å²) >= 11 is 0. The highest BCUT2D eigenvalue weighted by molar-refractivity contribution is 6.08. The second-order valence-electron chi connectivity index (χ2n) is 8.35. The summed E-state index contributed by atoms with van der Waals surface area (Å²) in [7, 11) is 0. The van der Waals surface area contributed by atoms with E-state index in [2.05, 4.69) is 27.4 Å². The molecule has 2 aromatic heterocycles. The number of hydrogen-bond acceptors (Lipinski definition) is 5. The van der Waals surface area contributed by atoms with Gasteiger partial charge in [0.05, 0.1) is 17.5 Å². The summed E-state index contributed by atoms with van der Waals surface area (Å²) in [5, 5.41) is 3.58. The molecule has 6 heteroatoms. The van der Waals surface area contributed by atoms with E-state index < -0.39 is 5.41 Å². The molecule has 0 unspecified atom stereocenters. The normalized spacial score (nSPS) is 15.7. The minimum absolute atomic E-state index is 0.0557. The number of H-pyrrole nitrogens is 1. The van der Waals surface area contributed by atoms with Crippen LogP contribution in [0.4, 0.5) is 5.69 Å². The third-order valence-corrected chi connectivity index (χ3v) is 5.06. The number of nitrogens with zero attached hydrogens (tertiary/aromatic N) is 2. The van der Waals surface area contributed by atoms with Gasteiger partial charge in [-0.25, -0.2) is 9.97 Å². The van der Waals surface area contributed by atoms with Crippen LogP contribution in [0.15, 0.2) is 36.7 Å². The van der Waals surface area contributed by atoms with Crippen LogP contribution in [0, 0.1) is 5.41 Å². The molecule has 1 aliphatic rings. The number of aromatic amines is 1. The van der Waals surface area contributed by atoms with Gasteiger partial charge in [0.25, 0.3) is 0 Å². The summed E-state index contributed by atoms with van der Waals surface area (Å²) in [6.45, 7) is 7.35. The number of benzene rings is 1. The van der Waals surface area contributed by atoms with Crippen molar-refractivity contribution in [1.29, 1.82) is 0 Å². The number of fused-ring (bicyclic) bond motifs is 1. The van der Waals surface area contributed by atoms with Gasteiger partial charge in [-0.1, -0.05) is 32.9 Å². The molecule has 1 saturated heterocycles. The number of Topliss-reactive ketones (excluding diaryl/α,β-unsaturated/α-hetero) is 1. The van der Waals surface area contributed by atoms with Crippen molar-refractivity contribution in [3.8, 4) is 11.3 Å². The van der Waals surface area contributed by atoms with Crippen molar-refractivity contribution in [2.75, 3.05) is 18.5 Å². The van der Waals surface area contributed by atoms with Gasteiger partial charge < -0.3 is 15.0 Å². The highest BCUT2D eigenvalue weighted by atomic mass is 16.5. The summed E-state index contributed by atoms with van der Waals surface area (Å²) in [4.78, 5) is 25.1. The molecule has 28 heavy (non-hydrogen) atoms. The highest BCUT2D eigenvalue weighted by Gasteiger charge is 2.26. The van der Waals surface area contributed by atoms with Crippen molar-refractivity contribution in [3.05, 3.63) is 42.2 Å². The average Bonchev–Trinajstić information content (AvgIpc) is 3.10. The van der Waals surface area contributed by atoms with E-state index >= 15 is 0 Å². The zero-order chi connectivity index (χ0) is 19.7. The Morgan fingerprint density at radius 3 is 2.79 bits per heavy atom. The van der Waals surface area contributed by atoms with Crippen LogP contribution in [0.5, 0.6) is 0 Å². The largest absolute Gasteiger partial charge is 0.382 e. The Morgan fingerprint density at radius 1 is 1.25 bits per heavy atom.